The highest BCUT2D eigenvalue weighted by Gasteiger charge is 2.36. The van der Waals surface area contributed by atoms with E-state index in [1.54, 1.807) is 24.3 Å². The third-order valence-electron chi connectivity index (χ3n) is 3.55. The Balaban J connectivity index is 2.19. The largest absolute Gasteiger partial charge is 0.416 e. The number of benzene rings is 2. The van der Waals surface area contributed by atoms with Crippen molar-refractivity contribution >= 4 is 22.5 Å². The number of rotatable bonds is 2. The van der Waals surface area contributed by atoms with Gasteiger partial charge in [-0.3, -0.25) is 0 Å². The molecule has 1 unspecified atom stereocenters. The molecule has 2 aromatic carbocycles. The summed E-state index contributed by atoms with van der Waals surface area (Å²) in [6, 6.07) is 10.5. The van der Waals surface area contributed by atoms with Gasteiger partial charge in [-0.2, -0.15) is 13.2 Å². The molecule has 0 fully saturated rings. The van der Waals surface area contributed by atoms with Crippen LogP contribution in [0.1, 0.15) is 22.8 Å². The van der Waals surface area contributed by atoms with Crippen LogP contribution < -0.4 is 0 Å². The number of fused-ring (bicyclic) bond motifs is 1. The quantitative estimate of drug-likeness (QED) is 0.689. The van der Waals surface area contributed by atoms with Gasteiger partial charge in [-0.15, -0.1) is 0 Å². The lowest BCUT2D eigenvalue weighted by Crippen LogP contribution is -2.13. The Hall–Kier alpha value is -1.98. The van der Waals surface area contributed by atoms with E-state index in [0.717, 1.165) is 11.6 Å². The number of nitrogens with one attached hydrogen (secondary N) is 1. The molecule has 22 heavy (non-hydrogen) atoms. The molecular weight excluding hydrogens is 315 g/mol. The van der Waals surface area contributed by atoms with Crippen molar-refractivity contribution in [1.82, 2.24) is 4.98 Å². The van der Waals surface area contributed by atoms with Crippen LogP contribution in [0.3, 0.4) is 0 Å². The van der Waals surface area contributed by atoms with Gasteiger partial charge in [0.25, 0.3) is 0 Å². The third-order valence-corrected chi connectivity index (χ3v) is 3.88. The zero-order valence-corrected chi connectivity index (χ0v) is 11.9. The summed E-state index contributed by atoms with van der Waals surface area (Å²) >= 11 is 5.93. The molecule has 1 aromatic heterocycles. The van der Waals surface area contributed by atoms with Crippen molar-refractivity contribution < 1.29 is 18.3 Å². The lowest BCUT2D eigenvalue weighted by molar-refractivity contribution is -0.139. The number of H-pyrrole nitrogens is 1. The van der Waals surface area contributed by atoms with Crippen LogP contribution in [0.4, 0.5) is 13.2 Å². The minimum Gasteiger partial charge on any atom is -0.384 e. The van der Waals surface area contributed by atoms with E-state index < -0.39 is 17.8 Å². The van der Waals surface area contributed by atoms with Gasteiger partial charge in [0.15, 0.2) is 0 Å². The minimum absolute atomic E-state index is 0.118. The van der Waals surface area contributed by atoms with Gasteiger partial charge in [0.05, 0.1) is 5.56 Å². The van der Waals surface area contributed by atoms with E-state index in [4.69, 9.17) is 11.6 Å². The number of hydrogen-bond acceptors (Lipinski definition) is 1. The van der Waals surface area contributed by atoms with Crippen LogP contribution >= 0.6 is 11.6 Å². The van der Waals surface area contributed by atoms with E-state index in [1.807, 2.05) is 0 Å². The first kappa shape index (κ1) is 14.9. The Kier molecular flexibility index (Phi) is 3.62. The Labute approximate surface area is 129 Å². The van der Waals surface area contributed by atoms with Crippen molar-refractivity contribution in [3.05, 3.63) is 70.4 Å². The van der Waals surface area contributed by atoms with Gasteiger partial charge in [0.2, 0.25) is 0 Å². The Bertz CT molecular complexity index is 826. The van der Waals surface area contributed by atoms with Crippen LogP contribution in [0.25, 0.3) is 10.9 Å². The van der Waals surface area contributed by atoms with Crippen LogP contribution in [0.15, 0.2) is 48.7 Å². The summed E-state index contributed by atoms with van der Waals surface area (Å²) < 4.78 is 39.5. The molecule has 114 valence electrons. The van der Waals surface area contributed by atoms with E-state index in [9.17, 15) is 18.3 Å². The average Bonchev–Trinajstić information content (AvgIpc) is 2.89. The average molecular weight is 326 g/mol. The molecule has 1 atom stereocenters. The topological polar surface area (TPSA) is 36.0 Å². The molecule has 2 nitrogen and oxygen atoms in total. The SMILES string of the molecule is OC(c1c(Cl)cccc1C(F)(F)F)c1c[nH]c2ccccc12. The van der Waals surface area contributed by atoms with E-state index >= 15 is 0 Å². The van der Waals surface area contributed by atoms with Gasteiger partial charge in [0.1, 0.15) is 6.10 Å². The highest BCUT2D eigenvalue weighted by Crippen LogP contribution is 2.41. The van der Waals surface area contributed by atoms with Crippen molar-refractivity contribution in [3.63, 3.8) is 0 Å². The molecule has 0 aliphatic heterocycles. The first-order valence-electron chi connectivity index (χ1n) is 6.49. The Morgan fingerprint density at radius 2 is 1.77 bits per heavy atom. The molecule has 0 radical (unpaired) electrons. The first-order chi connectivity index (χ1) is 10.4. The summed E-state index contributed by atoms with van der Waals surface area (Å²) in [5.41, 5.74) is -0.175. The van der Waals surface area contributed by atoms with E-state index in [-0.39, 0.29) is 10.6 Å². The normalized spacial score (nSPS) is 13.5. The number of aliphatic hydroxyl groups is 1. The fraction of sp³-hybridized carbons (Fsp3) is 0.125. The molecule has 3 rings (SSSR count). The number of alkyl halides is 3. The van der Waals surface area contributed by atoms with Gasteiger partial charge in [-0.05, 0) is 18.2 Å². The van der Waals surface area contributed by atoms with Crippen molar-refractivity contribution in [2.75, 3.05) is 0 Å². The highest BCUT2D eigenvalue weighted by atomic mass is 35.5. The van der Waals surface area contributed by atoms with Gasteiger partial charge in [-0.25, -0.2) is 0 Å². The van der Waals surface area contributed by atoms with E-state index in [0.29, 0.717) is 10.9 Å². The molecule has 1 heterocycles. The number of hydrogen-bond donors (Lipinski definition) is 2. The second-order valence-electron chi connectivity index (χ2n) is 4.89. The maximum atomic E-state index is 13.2. The number of aromatic amines is 1. The second kappa shape index (κ2) is 5.34. The van der Waals surface area contributed by atoms with E-state index in [2.05, 4.69) is 4.98 Å². The summed E-state index contributed by atoms with van der Waals surface area (Å²) in [4.78, 5) is 2.93. The summed E-state index contributed by atoms with van der Waals surface area (Å²) in [6.07, 6.45) is -4.56. The van der Waals surface area contributed by atoms with Crippen molar-refractivity contribution in [2.24, 2.45) is 0 Å². The molecule has 0 aliphatic rings. The molecule has 0 aliphatic carbocycles. The van der Waals surface area contributed by atoms with Crippen LogP contribution in [-0.4, -0.2) is 10.1 Å². The van der Waals surface area contributed by atoms with Crippen molar-refractivity contribution in [3.8, 4) is 0 Å². The van der Waals surface area contributed by atoms with Crippen LogP contribution in [-0.2, 0) is 6.18 Å². The molecule has 0 amide bonds. The molecule has 0 saturated heterocycles. The third kappa shape index (κ3) is 2.46. The predicted molar refractivity (Wildman–Crippen MR) is 78.8 cm³/mol. The maximum absolute atomic E-state index is 13.2. The lowest BCUT2D eigenvalue weighted by Gasteiger charge is -2.18. The molecule has 3 aromatic rings. The first-order valence-corrected chi connectivity index (χ1v) is 6.87. The second-order valence-corrected chi connectivity index (χ2v) is 5.30. The minimum atomic E-state index is -4.59. The number of aliphatic hydroxyl groups excluding tert-OH is 1. The molecule has 2 N–H and O–H groups in total. The molecule has 0 bridgehead atoms. The number of halogens is 4. The Morgan fingerprint density at radius 3 is 2.50 bits per heavy atom. The highest BCUT2D eigenvalue weighted by molar-refractivity contribution is 6.31. The van der Waals surface area contributed by atoms with E-state index in [1.165, 1.54) is 18.3 Å². The van der Waals surface area contributed by atoms with Gasteiger partial charge in [0, 0.05) is 33.2 Å². The summed E-state index contributed by atoms with van der Waals surface area (Å²) in [6.45, 7) is 0. The fourth-order valence-corrected chi connectivity index (χ4v) is 2.82. The van der Waals surface area contributed by atoms with Crippen LogP contribution in [0.5, 0.6) is 0 Å². The molecular formula is C16H11ClF3NO. The number of para-hydroxylation sites is 1. The lowest BCUT2D eigenvalue weighted by atomic mass is 9.96. The van der Waals surface area contributed by atoms with Gasteiger partial charge < -0.3 is 10.1 Å². The predicted octanol–water partition coefficient (Wildman–Crippen LogP) is 4.92. The Morgan fingerprint density at radius 1 is 1.05 bits per heavy atom. The molecule has 0 spiro atoms. The zero-order valence-electron chi connectivity index (χ0n) is 11.2. The zero-order chi connectivity index (χ0) is 15.9. The monoisotopic (exact) mass is 325 g/mol. The van der Waals surface area contributed by atoms with Crippen LogP contribution in [0, 0.1) is 0 Å². The van der Waals surface area contributed by atoms with Crippen molar-refractivity contribution in [1.29, 1.82) is 0 Å². The van der Waals surface area contributed by atoms with Crippen molar-refractivity contribution in [2.45, 2.75) is 12.3 Å². The maximum Gasteiger partial charge on any atom is 0.416 e. The fourth-order valence-electron chi connectivity index (χ4n) is 2.54. The van der Waals surface area contributed by atoms with Gasteiger partial charge in [-0.1, -0.05) is 35.9 Å². The number of aromatic nitrogens is 1. The summed E-state index contributed by atoms with van der Waals surface area (Å²) in [7, 11) is 0. The smallest absolute Gasteiger partial charge is 0.384 e. The standard InChI is InChI=1S/C16H11ClF3NO/c17-12-6-3-5-11(16(18,19)20)14(12)15(22)10-8-21-13-7-2-1-4-9(10)13/h1-8,15,21-22H. The van der Waals surface area contributed by atoms with Gasteiger partial charge >= 0.3 is 6.18 Å². The van der Waals surface area contributed by atoms with Crippen LogP contribution in [0.2, 0.25) is 5.02 Å². The molecule has 0 saturated carbocycles. The summed E-state index contributed by atoms with van der Waals surface area (Å²) in [5, 5.41) is 11.0. The summed E-state index contributed by atoms with van der Waals surface area (Å²) in [5.74, 6) is 0. The molecule has 6 heteroatoms.